The van der Waals surface area contributed by atoms with Gasteiger partial charge in [0.25, 0.3) is 5.91 Å². The Bertz CT molecular complexity index is 568. The maximum atomic E-state index is 12.4. The van der Waals surface area contributed by atoms with Crippen LogP contribution in [0.4, 0.5) is 5.69 Å². The topological polar surface area (TPSA) is 80.0 Å². The normalized spacial score (nSPS) is 15.7. The van der Waals surface area contributed by atoms with Crippen molar-refractivity contribution in [2.45, 2.75) is 6.92 Å². The van der Waals surface area contributed by atoms with Crippen LogP contribution in [-0.4, -0.2) is 47.8 Å². The first-order valence-corrected chi connectivity index (χ1v) is 7.06. The van der Waals surface area contributed by atoms with E-state index in [1.165, 1.54) is 0 Å². The summed E-state index contributed by atoms with van der Waals surface area (Å²) in [4.78, 5) is 14.0. The molecule has 0 radical (unpaired) electrons. The predicted octanol–water partition coefficient (Wildman–Crippen LogP) is 0.908. The average Bonchev–Trinajstić information content (AvgIpc) is 2.48. The number of rotatable bonds is 4. The SMILES string of the molecule is Cc1cccc(N/N=C(/C(=O)N2CCOCC2)C(N)=S)c1. The molecule has 1 aliphatic heterocycles. The van der Waals surface area contributed by atoms with Crippen LogP contribution in [0, 0.1) is 6.92 Å². The summed E-state index contributed by atoms with van der Waals surface area (Å²) in [6.07, 6.45) is 0. The van der Waals surface area contributed by atoms with Crippen LogP contribution in [0.25, 0.3) is 0 Å². The third-order valence-corrected chi connectivity index (χ3v) is 3.24. The van der Waals surface area contributed by atoms with Gasteiger partial charge < -0.3 is 15.4 Å². The van der Waals surface area contributed by atoms with E-state index in [1.807, 2.05) is 31.2 Å². The van der Waals surface area contributed by atoms with E-state index < -0.39 is 0 Å². The highest BCUT2D eigenvalue weighted by Gasteiger charge is 2.23. The fourth-order valence-electron chi connectivity index (χ4n) is 1.96. The molecule has 0 spiro atoms. The van der Waals surface area contributed by atoms with Crippen molar-refractivity contribution in [2.24, 2.45) is 10.8 Å². The molecule has 0 aliphatic carbocycles. The first-order chi connectivity index (χ1) is 10.1. The summed E-state index contributed by atoms with van der Waals surface area (Å²) in [5, 5.41) is 4.08. The van der Waals surface area contributed by atoms with Crippen molar-refractivity contribution in [1.29, 1.82) is 0 Å². The Morgan fingerprint density at radius 3 is 2.76 bits per heavy atom. The molecule has 112 valence electrons. The third-order valence-electron chi connectivity index (χ3n) is 3.05. The molecule has 6 nitrogen and oxygen atoms in total. The van der Waals surface area contributed by atoms with Gasteiger partial charge in [0.2, 0.25) is 0 Å². The molecule has 1 fully saturated rings. The van der Waals surface area contributed by atoms with Crippen LogP contribution in [0.15, 0.2) is 29.4 Å². The number of carbonyl (C=O) groups is 1. The number of anilines is 1. The molecule has 0 bridgehead atoms. The molecule has 0 aromatic heterocycles. The first-order valence-electron chi connectivity index (χ1n) is 6.65. The summed E-state index contributed by atoms with van der Waals surface area (Å²) in [6, 6.07) is 7.65. The fraction of sp³-hybridized carbons (Fsp3) is 0.357. The molecule has 3 N–H and O–H groups in total. The Morgan fingerprint density at radius 1 is 1.43 bits per heavy atom. The Labute approximate surface area is 128 Å². The van der Waals surface area contributed by atoms with Crippen LogP contribution in [0.3, 0.4) is 0 Å². The number of thiocarbonyl (C=S) groups is 1. The lowest BCUT2D eigenvalue weighted by Crippen LogP contribution is -2.47. The van der Waals surface area contributed by atoms with Crippen molar-refractivity contribution >= 4 is 34.5 Å². The Kier molecular flexibility index (Phi) is 5.24. The van der Waals surface area contributed by atoms with Gasteiger partial charge in [0.15, 0.2) is 5.71 Å². The number of nitrogens with one attached hydrogen (secondary N) is 1. The number of amides is 1. The van der Waals surface area contributed by atoms with Gasteiger partial charge in [0, 0.05) is 13.1 Å². The lowest BCUT2D eigenvalue weighted by Gasteiger charge is -2.26. The smallest absolute Gasteiger partial charge is 0.277 e. The first kappa shape index (κ1) is 15.4. The summed E-state index contributed by atoms with van der Waals surface area (Å²) in [5.74, 6) is -0.272. The van der Waals surface area contributed by atoms with Crippen molar-refractivity contribution in [3.8, 4) is 0 Å². The van der Waals surface area contributed by atoms with E-state index in [2.05, 4.69) is 10.5 Å². The molecular weight excluding hydrogens is 288 g/mol. The molecule has 1 heterocycles. The molecule has 0 atom stereocenters. The zero-order valence-corrected chi connectivity index (χ0v) is 12.7. The number of carbonyl (C=O) groups excluding carboxylic acids is 1. The molecule has 1 saturated heterocycles. The summed E-state index contributed by atoms with van der Waals surface area (Å²) in [6.45, 7) is 4.04. The summed E-state index contributed by atoms with van der Waals surface area (Å²) < 4.78 is 5.22. The van der Waals surface area contributed by atoms with E-state index >= 15 is 0 Å². The average molecular weight is 306 g/mol. The van der Waals surface area contributed by atoms with E-state index in [4.69, 9.17) is 22.7 Å². The van der Waals surface area contributed by atoms with Gasteiger partial charge >= 0.3 is 0 Å². The number of nitrogens with zero attached hydrogens (tertiary/aromatic N) is 2. The highest BCUT2D eigenvalue weighted by atomic mass is 32.1. The van der Waals surface area contributed by atoms with Gasteiger partial charge in [0.1, 0.15) is 4.99 Å². The molecule has 0 unspecified atom stereocenters. The number of ether oxygens (including phenoxy) is 1. The summed E-state index contributed by atoms with van der Waals surface area (Å²) in [5.41, 5.74) is 10.4. The molecule has 1 aliphatic rings. The van der Waals surface area contributed by atoms with Crippen LogP contribution in [0.2, 0.25) is 0 Å². The lowest BCUT2D eigenvalue weighted by molar-refractivity contribution is -0.127. The van der Waals surface area contributed by atoms with Crippen LogP contribution >= 0.6 is 12.2 Å². The van der Waals surface area contributed by atoms with Crippen molar-refractivity contribution in [2.75, 3.05) is 31.7 Å². The zero-order valence-electron chi connectivity index (χ0n) is 11.8. The molecule has 2 rings (SSSR count). The van der Waals surface area contributed by atoms with Gasteiger partial charge in [-0.15, -0.1) is 0 Å². The zero-order chi connectivity index (χ0) is 15.2. The van der Waals surface area contributed by atoms with Crippen molar-refractivity contribution in [3.63, 3.8) is 0 Å². The summed E-state index contributed by atoms with van der Waals surface area (Å²) in [7, 11) is 0. The van der Waals surface area contributed by atoms with E-state index in [0.717, 1.165) is 11.3 Å². The highest BCUT2D eigenvalue weighted by molar-refractivity contribution is 7.82. The van der Waals surface area contributed by atoms with Gasteiger partial charge in [-0.25, -0.2) is 0 Å². The second kappa shape index (κ2) is 7.14. The molecule has 0 saturated carbocycles. The van der Waals surface area contributed by atoms with Crippen LogP contribution < -0.4 is 11.2 Å². The minimum Gasteiger partial charge on any atom is -0.388 e. The maximum Gasteiger partial charge on any atom is 0.277 e. The largest absolute Gasteiger partial charge is 0.388 e. The quantitative estimate of drug-likeness (QED) is 0.491. The molecule has 21 heavy (non-hydrogen) atoms. The molecule has 1 aromatic rings. The number of nitrogens with two attached hydrogens (primary N) is 1. The second-order valence-electron chi connectivity index (χ2n) is 4.71. The number of aryl methyl sites for hydroxylation is 1. The Hall–Kier alpha value is -1.99. The van der Waals surface area contributed by atoms with Crippen molar-refractivity contribution < 1.29 is 9.53 Å². The number of benzene rings is 1. The van der Waals surface area contributed by atoms with Gasteiger partial charge in [-0.3, -0.25) is 10.2 Å². The van der Waals surface area contributed by atoms with Crippen molar-refractivity contribution in [3.05, 3.63) is 29.8 Å². The molecular formula is C14H18N4O2S. The second-order valence-corrected chi connectivity index (χ2v) is 5.15. The van der Waals surface area contributed by atoms with Gasteiger partial charge in [-0.05, 0) is 24.6 Å². The number of hydrogen-bond acceptors (Lipinski definition) is 5. The van der Waals surface area contributed by atoms with E-state index in [0.29, 0.717) is 26.3 Å². The number of morpholine rings is 1. The molecule has 1 aromatic carbocycles. The van der Waals surface area contributed by atoms with E-state index in [1.54, 1.807) is 4.90 Å². The monoisotopic (exact) mass is 306 g/mol. The maximum absolute atomic E-state index is 12.4. The summed E-state index contributed by atoms with van der Waals surface area (Å²) >= 11 is 4.93. The standard InChI is InChI=1S/C14H18N4O2S/c1-10-3-2-4-11(9-10)16-17-12(13(15)21)14(19)18-5-7-20-8-6-18/h2-4,9,16H,5-8H2,1H3,(H2,15,21)/b17-12+. The number of hydrazone groups is 1. The van der Waals surface area contributed by atoms with Crippen LogP contribution in [0.1, 0.15) is 5.56 Å². The molecule has 1 amide bonds. The highest BCUT2D eigenvalue weighted by Crippen LogP contribution is 2.09. The van der Waals surface area contributed by atoms with E-state index in [9.17, 15) is 4.79 Å². The van der Waals surface area contributed by atoms with Gasteiger partial charge in [-0.1, -0.05) is 24.4 Å². The third kappa shape index (κ3) is 4.24. The predicted molar refractivity (Wildman–Crippen MR) is 86.4 cm³/mol. The fourth-order valence-corrected chi connectivity index (χ4v) is 2.09. The van der Waals surface area contributed by atoms with E-state index in [-0.39, 0.29) is 16.6 Å². The minimum atomic E-state index is -0.272. The van der Waals surface area contributed by atoms with Gasteiger partial charge in [-0.2, -0.15) is 5.10 Å². The Morgan fingerprint density at radius 2 is 2.14 bits per heavy atom. The van der Waals surface area contributed by atoms with Crippen molar-refractivity contribution in [1.82, 2.24) is 4.90 Å². The lowest BCUT2D eigenvalue weighted by atomic mass is 10.2. The number of hydrogen-bond donors (Lipinski definition) is 2. The van der Waals surface area contributed by atoms with Crippen LogP contribution in [0.5, 0.6) is 0 Å². The molecule has 7 heteroatoms. The van der Waals surface area contributed by atoms with Gasteiger partial charge in [0.05, 0.1) is 18.9 Å². The minimum absolute atomic E-state index is 0.0216. The Balaban J connectivity index is 2.12. The van der Waals surface area contributed by atoms with Crippen LogP contribution in [-0.2, 0) is 9.53 Å².